The van der Waals surface area contributed by atoms with Gasteiger partial charge in [0.15, 0.2) is 41.2 Å². The molecule has 1 aliphatic carbocycles. The number of phenolic OH excluding ortho intramolecular Hbond substituents is 1. The summed E-state index contributed by atoms with van der Waals surface area (Å²) in [6.07, 6.45) is -7.54. The third-order valence-electron chi connectivity index (χ3n) is 8.89. The second-order valence-corrected chi connectivity index (χ2v) is 11.2. The average molecular weight is 605 g/mol. The fraction of sp³-hybridized carbons (Fsp3) is 0.552. The van der Waals surface area contributed by atoms with Crippen LogP contribution in [0.15, 0.2) is 24.3 Å². The van der Waals surface area contributed by atoms with E-state index in [1.165, 1.54) is 26.4 Å². The number of fused-ring (bicyclic) bond motifs is 4. The van der Waals surface area contributed by atoms with Gasteiger partial charge in [-0.25, -0.2) is 4.79 Å². The number of cyclic esters (lactones) is 1. The van der Waals surface area contributed by atoms with E-state index in [0.29, 0.717) is 28.2 Å². The van der Waals surface area contributed by atoms with Crippen LogP contribution in [0.2, 0.25) is 0 Å². The van der Waals surface area contributed by atoms with E-state index in [9.17, 15) is 25.2 Å². The maximum absolute atomic E-state index is 13.5. The third-order valence-corrected chi connectivity index (χ3v) is 8.89. The van der Waals surface area contributed by atoms with Crippen LogP contribution in [0.3, 0.4) is 0 Å². The van der Waals surface area contributed by atoms with Crippen LogP contribution < -0.4 is 18.9 Å². The first-order chi connectivity index (χ1) is 20.6. The van der Waals surface area contributed by atoms with Crippen molar-refractivity contribution in [2.24, 2.45) is 5.92 Å². The molecule has 0 aromatic heterocycles. The Morgan fingerprint density at radius 2 is 1.58 bits per heavy atom. The first-order valence-corrected chi connectivity index (χ1v) is 13.9. The second-order valence-electron chi connectivity index (χ2n) is 11.2. The van der Waals surface area contributed by atoms with Crippen molar-refractivity contribution in [3.8, 4) is 28.7 Å². The van der Waals surface area contributed by atoms with Crippen LogP contribution in [0, 0.1) is 5.92 Å². The molecule has 232 valence electrons. The molecule has 7 rings (SSSR count). The first-order valence-electron chi connectivity index (χ1n) is 13.9. The van der Waals surface area contributed by atoms with Gasteiger partial charge in [-0.2, -0.15) is 0 Å². The number of carbonyl (C=O) groups excluding carboxylic acids is 1. The number of aliphatic hydroxyl groups is 3. The van der Waals surface area contributed by atoms with Gasteiger partial charge in [0.25, 0.3) is 0 Å². The summed E-state index contributed by atoms with van der Waals surface area (Å²) in [4.78, 5) is 13.5. The van der Waals surface area contributed by atoms with Crippen LogP contribution in [0.5, 0.6) is 28.7 Å². The Morgan fingerprint density at radius 3 is 2.26 bits per heavy atom. The van der Waals surface area contributed by atoms with Crippen LogP contribution in [0.25, 0.3) is 0 Å². The van der Waals surface area contributed by atoms with Crippen LogP contribution in [0.1, 0.15) is 35.6 Å². The Kier molecular flexibility index (Phi) is 6.85. The first kappa shape index (κ1) is 28.4. The van der Waals surface area contributed by atoms with Gasteiger partial charge in [-0.05, 0) is 47.9 Å². The highest BCUT2D eigenvalue weighted by Crippen LogP contribution is 2.58. The number of phenols is 1. The quantitative estimate of drug-likeness (QED) is 0.346. The molecule has 4 aliphatic heterocycles. The molecular formula is C29H32O14. The van der Waals surface area contributed by atoms with E-state index in [0.717, 1.165) is 0 Å². The maximum Gasteiger partial charge on any atom is 0.339 e. The molecule has 14 nitrogen and oxygen atoms in total. The molecule has 43 heavy (non-hydrogen) atoms. The van der Waals surface area contributed by atoms with Gasteiger partial charge in [-0.1, -0.05) is 0 Å². The SMILES string of the molecule is COc1cc(C2c3cc4c(cc3C(OC3OC5COC(C)OC5C(O)C3O)C3COC(=O)C23O)OCO4)cc(OC)c1O. The zero-order valence-corrected chi connectivity index (χ0v) is 23.5. The molecule has 10 unspecified atom stereocenters. The lowest BCUT2D eigenvalue weighted by Gasteiger charge is -2.48. The molecule has 3 fully saturated rings. The lowest BCUT2D eigenvalue weighted by atomic mass is 9.63. The summed E-state index contributed by atoms with van der Waals surface area (Å²) >= 11 is 0. The van der Waals surface area contributed by atoms with Crippen LogP contribution in [-0.2, 0) is 28.5 Å². The molecular weight excluding hydrogens is 572 g/mol. The van der Waals surface area contributed by atoms with Crippen molar-refractivity contribution in [1.82, 2.24) is 0 Å². The van der Waals surface area contributed by atoms with Crippen LogP contribution in [-0.4, -0.2) is 103 Å². The summed E-state index contributed by atoms with van der Waals surface area (Å²) in [5, 5.41) is 44.9. The van der Waals surface area contributed by atoms with Gasteiger partial charge < -0.3 is 63.1 Å². The molecule has 3 saturated heterocycles. The highest BCUT2D eigenvalue weighted by Gasteiger charge is 2.65. The largest absolute Gasteiger partial charge is 0.502 e. The molecule has 0 saturated carbocycles. The van der Waals surface area contributed by atoms with Gasteiger partial charge in [0.05, 0.1) is 32.8 Å². The van der Waals surface area contributed by atoms with Gasteiger partial charge in [-0.3, -0.25) is 0 Å². The number of rotatable bonds is 5. The molecule has 2 aromatic carbocycles. The molecule has 0 bridgehead atoms. The van der Waals surface area contributed by atoms with Crippen LogP contribution in [0.4, 0.5) is 0 Å². The van der Waals surface area contributed by atoms with E-state index >= 15 is 0 Å². The van der Waals surface area contributed by atoms with E-state index in [1.54, 1.807) is 19.1 Å². The number of hydrogen-bond donors (Lipinski definition) is 4. The van der Waals surface area contributed by atoms with Crippen molar-refractivity contribution < 1.29 is 67.9 Å². The molecule has 0 amide bonds. The Morgan fingerprint density at radius 1 is 0.907 bits per heavy atom. The van der Waals surface area contributed by atoms with E-state index in [1.807, 2.05) is 0 Å². The highest BCUT2D eigenvalue weighted by atomic mass is 16.8. The number of hydrogen-bond acceptors (Lipinski definition) is 14. The fourth-order valence-electron chi connectivity index (χ4n) is 6.77. The lowest BCUT2D eigenvalue weighted by molar-refractivity contribution is -0.365. The molecule has 10 atom stereocenters. The minimum Gasteiger partial charge on any atom is -0.502 e. The summed E-state index contributed by atoms with van der Waals surface area (Å²) in [7, 11) is 2.74. The summed E-state index contributed by atoms with van der Waals surface area (Å²) < 4.78 is 51.0. The van der Waals surface area contributed by atoms with Crippen molar-refractivity contribution >= 4 is 5.97 Å². The van der Waals surface area contributed by atoms with Gasteiger partial charge in [0, 0.05) is 5.92 Å². The molecule has 4 heterocycles. The number of esters is 1. The molecule has 5 aliphatic rings. The summed E-state index contributed by atoms with van der Waals surface area (Å²) in [5.74, 6) is -2.28. The number of aliphatic hydroxyl groups excluding tert-OH is 2. The Hall–Kier alpha value is -3.37. The third kappa shape index (κ3) is 4.23. The number of carbonyl (C=O) groups is 1. The summed E-state index contributed by atoms with van der Waals surface area (Å²) in [6.45, 7) is 1.51. The molecule has 14 heteroatoms. The van der Waals surface area contributed by atoms with E-state index in [-0.39, 0.29) is 37.3 Å². The number of methoxy groups -OCH3 is 2. The van der Waals surface area contributed by atoms with Crippen molar-refractivity contribution in [2.75, 3.05) is 34.2 Å². The maximum atomic E-state index is 13.5. The van der Waals surface area contributed by atoms with Gasteiger partial charge in [0.2, 0.25) is 12.5 Å². The summed E-state index contributed by atoms with van der Waals surface area (Å²) in [6, 6.07) is 6.35. The van der Waals surface area contributed by atoms with Crippen molar-refractivity contribution in [1.29, 1.82) is 0 Å². The highest BCUT2D eigenvalue weighted by molar-refractivity contribution is 5.86. The van der Waals surface area contributed by atoms with Crippen molar-refractivity contribution in [2.45, 2.75) is 61.5 Å². The second kappa shape index (κ2) is 10.4. The standard InChI is InChI=1S/C29H32O14/c1-11-37-9-20-26(41-11)23(31)24(32)27(42-20)43-25-14-7-17-16(39-10-40-17)6-13(14)21(29(34)15(25)8-38-28(29)33)12-4-18(35-2)22(30)19(5-12)36-3/h4-7,11,15,20-21,23-27,30-32,34H,8-10H2,1-3H3. The minimum absolute atomic E-state index is 0.0385. The van der Waals surface area contributed by atoms with E-state index in [4.69, 9.17) is 42.6 Å². The predicted octanol–water partition coefficient (Wildman–Crippen LogP) is 0.453. The summed E-state index contributed by atoms with van der Waals surface area (Å²) in [5.41, 5.74) is -0.866. The minimum atomic E-state index is -2.19. The van der Waals surface area contributed by atoms with Crippen LogP contribution >= 0.6 is 0 Å². The zero-order chi connectivity index (χ0) is 30.2. The lowest BCUT2D eigenvalue weighted by Crippen LogP contribution is -2.63. The number of aromatic hydroxyl groups is 1. The fourth-order valence-corrected chi connectivity index (χ4v) is 6.77. The Labute approximate surface area is 245 Å². The molecule has 0 spiro atoms. The Balaban J connectivity index is 1.35. The van der Waals surface area contributed by atoms with Gasteiger partial charge in [-0.15, -0.1) is 0 Å². The average Bonchev–Trinajstić information content (AvgIpc) is 3.58. The normalized spacial score (nSPS) is 37.6. The van der Waals surface area contributed by atoms with Gasteiger partial charge >= 0.3 is 5.97 Å². The predicted molar refractivity (Wildman–Crippen MR) is 140 cm³/mol. The van der Waals surface area contributed by atoms with Crippen molar-refractivity contribution in [3.05, 3.63) is 41.0 Å². The zero-order valence-electron chi connectivity index (χ0n) is 23.5. The molecule has 4 N–H and O–H groups in total. The van der Waals surface area contributed by atoms with E-state index in [2.05, 4.69) is 0 Å². The topological polar surface area (TPSA) is 181 Å². The molecule has 2 aromatic rings. The van der Waals surface area contributed by atoms with Gasteiger partial charge in [0.1, 0.15) is 31.0 Å². The monoisotopic (exact) mass is 604 g/mol. The molecule has 0 radical (unpaired) electrons. The smallest absolute Gasteiger partial charge is 0.339 e. The Bertz CT molecular complexity index is 1400. The van der Waals surface area contributed by atoms with E-state index < -0.39 is 66.5 Å². The van der Waals surface area contributed by atoms with Crippen molar-refractivity contribution in [3.63, 3.8) is 0 Å². The number of benzene rings is 2. The number of ether oxygens (including phenoxy) is 9.